The summed E-state index contributed by atoms with van der Waals surface area (Å²) in [7, 11) is -3.22. The van der Waals surface area contributed by atoms with Gasteiger partial charge in [-0.25, -0.2) is 13.1 Å². The molecule has 0 amide bonds. The third-order valence-electron chi connectivity index (χ3n) is 4.30. The highest BCUT2D eigenvalue weighted by Crippen LogP contribution is 2.33. The number of rotatable bonds is 8. The predicted octanol–water partition coefficient (Wildman–Crippen LogP) is 2.16. The molecule has 0 bridgehead atoms. The van der Waals surface area contributed by atoms with E-state index in [4.69, 9.17) is 0 Å². The fourth-order valence-electron chi connectivity index (χ4n) is 2.71. The van der Waals surface area contributed by atoms with Crippen LogP contribution in [0, 0.1) is 5.92 Å². The maximum absolute atomic E-state index is 12.2. The van der Waals surface area contributed by atoms with Crippen LogP contribution in [0.5, 0.6) is 0 Å². The van der Waals surface area contributed by atoms with Gasteiger partial charge in [-0.1, -0.05) is 37.6 Å². The van der Waals surface area contributed by atoms with E-state index >= 15 is 0 Å². The molecule has 4 nitrogen and oxygen atoms in total. The number of sulfonamides is 1. The Bertz CT molecular complexity index is 596. The smallest absolute Gasteiger partial charge is 0.216 e. The average molecular weight is 308 g/mol. The molecule has 0 radical (unpaired) electrons. The Labute approximate surface area is 127 Å². The minimum Gasteiger partial charge on any atom is -0.310 e. The summed E-state index contributed by atoms with van der Waals surface area (Å²) in [6.07, 6.45) is 4.56. The van der Waals surface area contributed by atoms with Crippen LogP contribution in [0.2, 0.25) is 0 Å². The van der Waals surface area contributed by atoms with Gasteiger partial charge in [0.15, 0.2) is 0 Å². The SMILES string of the molecule is CCC1CC1NS(=O)(=O)Cc1cccc(CNC2CC2)c1. The first-order valence-corrected chi connectivity index (χ1v) is 9.52. The summed E-state index contributed by atoms with van der Waals surface area (Å²) in [5.41, 5.74) is 2.03. The van der Waals surface area contributed by atoms with E-state index < -0.39 is 10.0 Å². The van der Waals surface area contributed by atoms with Crippen molar-refractivity contribution in [2.75, 3.05) is 0 Å². The lowest BCUT2D eigenvalue weighted by Gasteiger charge is -2.08. The van der Waals surface area contributed by atoms with Gasteiger partial charge in [0.1, 0.15) is 0 Å². The monoisotopic (exact) mass is 308 g/mol. The van der Waals surface area contributed by atoms with Gasteiger partial charge in [-0.2, -0.15) is 0 Å². The highest BCUT2D eigenvalue weighted by atomic mass is 32.2. The van der Waals surface area contributed by atoms with Crippen LogP contribution in [0.15, 0.2) is 24.3 Å². The maximum Gasteiger partial charge on any atom is 0.216 e. The van der Waals surface area contributed by atoms with Gasteiger partial charge >= 0.3 is 0 Å². The third-order valence-corrected chi connectivity index (χ3v) is 5.67. The van der Waals surface area contributed by atoms with E-state index in [2.05, 4.69) is 17.0 Å². The maximum atomic E-state index is 12.2. The van der Waals surface area contributed by atoms with Crippen molar-refractivity contribution in [1.82, 2.24) is 10.0 Å². The number of hydrogen-bond donors (Lipinski definition) is 2. The van der Waals surface area contributed by atoms with Gasteiger partial charge < -0.3 is 5.32 Å². The first-order valence-electron chi connectivity index (χ1n) is 7.87. The van der Waals surface area contributed by atoms with Gasteiger partial charge in [-0.05, 0) is 36.3 Å². The quantitative estimate of drug-likeness (QED) is 0.774. The summed E-state index contributed by atoms with van der Waals surface area (Å²) in [6.45, 7) is 2.93. The van der Waals surface area contributed by atoms with Crippen LogP contribution in [0.25, 0.3) is 0 Å². The Morgan fingerprint density at radius 1 is 1.24 bits per heavy atom. The molecule has 1 aromatic rings. The van der Waals surface area contributed by atoms with E-state index in [0.717, 1.165) is 30.5 Å². The normalized spacial score (nSPS) is 25.0. The van der Waals surface area contributed by atoms with Gasteiger partial charge in [0.2, 0.25) is 10.0 Å². The lowest BCUT2D eigenvalue weighted by atomic mass is 10.1. The molecule has 2 atom stereocenters. The number of nitrogens with one attached hydrogen (secondary N) is 2. The molecule has 2 N–H and O–H groups in total. The molecule has 2 aliphatic carbocycles. The van der Waals surface area contributed by atoms with E-state index in [0.29, 0.717) is 12.0 Å². The Morgan fingerprint density at radius 2 is 2.00 bits per heavy atom. The first kappa shape index (κ1) is 15.0. The summed E-state index contributed by atoms with van der Waals surface area (Å²) in [5, 5.41) is 3.45. The largest absolute Gasteiger partial charge is 0.310 e. The molecule has 0 aromatic heterocycles. The molecule has 3 rings (SSSR count). The van der Waals surface area contributed by atoms with Crippen molar-refractivity contribution in [2.24, 2.45) is 5.92 Å². The Hall–Kier alpha value is -0.910. The lowest BCUT2D eigenvalue weighted by Crippen LogP contribution is -2.28. The lowest BCUT2D eigenvalue weighted by molar-refractivity contribution is 0.575. The van der Waals surface area contributed by atoms with Crippen LogP contribution in [0.1, 0.15) is 43.7 Å². The minimum absolute atomic E-state index is 0.0806. The van der Waals surface area contributed by atoms with Crippen molar-refractivity contribution >= 4 is 10.0 Å². The molecule has 2 fully saturated rings. The van der Waals surface area contributed by atoms with Crippen molar-refractivity contribution < 1.29 is 8.42 Å². The van der Waals surface area contributed by atoms with Crippen LogP contribution in [0.4, 0.5) is 0 Å². The zero-order valence-corrected chi connectivity index (χ0v) is 13.3. The highest BCUT2D eigenvalue weighted by molar-refractivity contribution is 7.88. The molecule has 2 unspecified atom stereocenters. The summed E-state index contributed by atoms with van der Waals surface area (Å²) < 4.78 is 27.2. The van der Waals surface area contributed by atoms with Crippen molar-refractivity contribution in [3.8, 4) is 0 Å². The second-order valence-electron chi connectivity index (χ2n) is 6.36. The van der Waals surface area contributed by atoms with Crippen molar-refractivity contribution in [3.63, 3.8) is 0 Å². The Kier molecular flexibility index (Phi) is 4.33. The topological polar surface area (TPSA) is 58.2 Å². The molecule has 1 aromatic carbocycles. The van der Waals surface area contributed by atoms with Gasteiger partial charge in [0.05, 0.1) is 5.75 Å². The van der Waals surface area contributed by atoms with Crippen molar-refractivity contribution in [2.45, 2.75) is 57.0 Å². The second kappa shape index (κ2) is 6.07. The van der Waals surface area contributed by atoms with Crippen LogP contribution < -0.4 is 10.0 Å². The molecule has 0 saturated heterocycles. The van der Waals surface area contributed by atoms with Crippen molar-refractivity contribution in [1.29, 1.82) is 0 Å². The van der Waals surface area contributed by atoms with Gasteiger partial charge in [-0.15, -0.1) is 0 Å². The Morgan fingerprint density at radius 3 is 2.67 bits per heavy atom. The zero-order valence-electron chi connectivity index (χ0n) is 12.5. The molecule has 2 saturated carbocycles. The summed E-state index contributed by atoms with van der Waals surface area (Å²) in [5.74, 6) is 0.617. The van der Waals surface area contributed by atoms with Crippen LogP contribution in [-0.2, 0) is 22.3 Å². The Balaban J connectivity index is 1.56. The van der Waals surface area contributed by atoms with Crippen LogP contribution in [-0.4, -0.2) is 20.5 Å². The minimum atomic E-state index is -3.22. The average Bonchev–Trinajstić information content (AvgIpc) is 3.32. The standard InChI is InChI=1S/C16H24N2O2S/c1-2-14-9-16(14)18-21(19,20)11-13-5-3-4-12(8-13)10-17-15-6-7-15/h3-5,8,14-18H,2,6-7,9-11H2,1H3. The molecular weight excluding hydrogens is 284 g/mol. The molecule has 116 valence electrons. The molecule has 21 heavy (non-hydrogen) atoms. The van der Waals surface area contributed by atoms with E-state index in [-0.39, 0.29) is 11.8 Å². The first-order chi connectivity index (χ1) is 10.1. The molecule has 0 aliphatic heterocycles. The van der Waals surface area contributed by atoms with E-state index in [9.17, 15) is 8.42 Å². The second-order valence-corrected chi connectivity index (χ2v) is 8.12. The predicted molar refractivity (Wildman–Crippen MR) is 84.2 cm³/mol. The molecule has 2 aliphatic rings. The van der Waals surface area contributed by atoms with Gasteiger partial charge in [-0.3, -0.25) is 0 Å². The molecule has 0 heterocycles. The molecular formula is C16H24N2O2S. The van der Waals surface area contributed by atoms with Crippen LogP contribution in [0.3, 0.4) is 0 Å². The summed E-state index contributed by atoms with van der Waals surface area (Å²) >= 11 is 0. The third kappa shape index (κ3) is 4.53. The fraction of sp³-hybridized carbons (Fsp3) is 0.625. The fourth-order valence-corrected chi connectivity index (χ4v) is 4.17. The van der Waals surface area contributed by atoms with Gasteiger partial charge in [0, 0.05) is 18.6 Å². The highest BCUT2D eigenvalue weighted by Gasteiger charge is 2.38. The van der Waals surface area contributed by atoms with Crippen molar-refractivity contribution in [3.05, 3.63) is 35.4 Å². The van der Waals surface area contributed by atoms with E-state index in [1.807, 2.05) is 24.3 Å². The zero-order chi connectivity index (χ0) is 14.9. The number of hydrogen-bond acceptors (Lipinski definition) is 3. The van der Waals surface area contributed by atoms with Crippen LogP contribution >= 0.6 is 0 Å². The molecule has 5 heteroatoms. The molecule has 0 spiro atoms. The summed E-state index contributed by atoms with van der Waals surface area (Å²) in [4.78, 5) is 0. The van der Waals surface area contributed by atoms with E-state index in [1.165, 1.54) is 12.8 Å². The van der Waals surface area contributed by atoms with E-state index in [1.54, 1.807) is 0 Å². The summed E-state index contributed by atoms with van der Waals surface area (Å²) in [6, 6.07) is 8.72. The number of benzene rings is 1. The van der Waals surface area contributed by atoms with Gasteiger partial charge in [0.25, 0.3) is 0 Å².